The minimum absolute atomic E-state index is 0.234. The smallest absolute Gasteiger partial charge is 0.259 e. The van der Waals surface area contributed by atoms with Crippen LogP contribution in [0.5, 0.6) is 0 Å². The molecule has 0 radical (unpaired) electrons. The van der Waals surface area contributed by atoms with Crippen LogP contribution in [0, 0.1) is 0 Å². The molecule has 2 rings (SSSR count). The van der Waals surface area contributed by atoms with Gasteiger partial charge in [-0.15, -0.1) is 0 Å². The van der Waals surface area contributed by atoms with Gasteiger partial charge in [0.25, 0.3) is 11.8 Å². The van der Waals surface area contributed by atoms with Crippen molar-refractivity contribution < 1.29 is 9.59 Å². The lowest BCUT2D eigenvalue weighted by molar-refractivity contribution is 0.0879. The van der Waals surface area contributed by atoms with Crippen LogP contribution in [0.2, 0.25) is 0 Å². The van der Waals surface area contributed by atoms with E-state index in [2.05, 4.69) is 21.2 Å². The van der Waals surface area contributed by atoms with E-state index in [1.54, 1.807) is 6.07 Å². The zero-order chi connectivity index (χ0) is 15.8. The molecule has 0 fully saturated rings. The zero-order valence-corrected chi connectivity index (χ0v) is 14.6. The molecule has 2 amide bonds. The molecule has 0 atom stereocenters. The monoisotopic (exact) mass is 365 g/mol. The second-order valence-corrected chi connectivity index (χ2v) is 6.68. The van der Waals surface area contributed by atoms with Gasteiger partial charge in [-0.05, 0) is 30.9 Å². The van der Waals surface area contributed by atoms with Crippen LogP contribution in [0.3, 0.4) is 0 Å². The molecule has 3 nitrogen and oxygen atoms in total. The molecule has 1 aromatic carbocycles. The van der Waals surface area contributed by atoms with Crippen LogP contribution in [0.1, 0.15) is 77.6 Å². The molecule has 1 heterocycles. The molecule has 1 aliphatic rings. The molecule has 1 N–H and O–H groups in total. The van der Waals surface area contributed by atoms with Crippen molar-refractivity contribution in [2.75, 3.05) is 5.33 Å². The Morgan fingerprint density at radius 1 is 0.818 bits per heavy atom. The van der Waals surface area contributed by atoms with Gasteiger partial charge in [-0.1, -0.05) is 66.6 Å². The highest BCUT2D eigenvalue weighted by molar-refractivity contribution is 9.09. The van der Waals surface area contributed by atoms with E-state index in [0.717, 1.165) is 23.7 Å². The summed E-state index contributed by atoms with van der Waals surface area (Å²) in [5, 5.41) is 3.49. The van der Waals surface area contributed by atoms with Gasteiger partial charge >= 0.3 is 0 Å². The fourth-order valence-electron chi connectivity index (χ4n) is 2.97. The third-order valence-electron chi connectivity index (χ3n) is 4.18. The Morgan fingerprint density at radius 2 is 1.45 bits per heavy atom. The molecular weight excluding hydrogens is 342 g/mol. The number of aryl methyl sites for hydroxylation is 1. The SMILES string of the molecule is O=C1NC(=O)c2c(CCCCCCCCCCBr)cccc21. The van der Waals surface area contributed by atoms with Gasteiger partial charge in [-0.25, -0.2) is 0 Å². The van der Waals surface area contributed by atoms with E-state index in [-0.39, 0.29) is 11.8 Å². The third-order valence-corrected chi connectivity index (χ3v) is 4.74. The largest absolute Gasteiger partial charge is 0.288 e. The van der Waals surface area contributed by atoms with Gasteiger partial charge < -0.3 is 0 Å². The fraction of sp³-hybridized carbons (Fsp3) is 0.556. The number of carbonyl (C=O) groups excluding carboxylic acids is 2. The lowest BCUT2D eigenvalue weighted by Crippen LogP contribution is -2.20. The van der Waals surface area contributed by atoms with Gasteiger partial charge in [-0.3, -0.25) is 14.9 Å². The summed E-state index contributed by atoms with van der Waals surface area (Å²) in [7, 11) is 0. The average Bonchev–Trinajstić information content (AvgIpc) is 2.81. The van der Waals surface area contributed by atoms with E-state index >= 15 is 0 Å². The Bertz CT molecular complexity index is 528. The highest BCUT2D eigenvalue weighted by Gasteiger charge is 2.28. The van der Waals surface area contributed by atoms with Crippen molar-refractivity contribution >= 4 is 27.7 Å². The van der Waals surface area contributed by atoms with Crippen molar-refractivity contribution in [2.24, 2.45) is 0 Å². The maximum Gasteiger partial charge on any atom is 0.259 e. The summed E-state index contributed by atoms with van der Waals surface area (Å²) < 4.78 is 0. The lowest BCUT2D eigenvalue weighted by atomic mass is 9.97. The van der Waals surface area contributed by atoms with E-state index in [4.69, 9.17) is 0 Å². The molecule has 4 heteroatoms. The summed E-state index contributed by atoms with van der Waals surface area (Å²) in [6.07, 6.45) is 11.0. The maximum atomic E-state index is 11.8. The molecule has 0 saturated carbocycles. The Kier molecular flexibility index (Phi) is 7.10. The summed E-state index contributed by atoms with van der Waals surface area (Å²) in [5.41, 5.74) is 2.15. The summed E-state index contributed by atoms with van der Waals surface area (Å²) in [6.45, 7) is 0. The Hall–Kier alpha value is -1.16. The Morgan fingerprint density at radius 3 is 2.14 bits per heavy atom. The van der Waals surface area contributed by atoms with E-state index < -0.39 is 0 Å². The van der Waals surface area contributed by atoms with Crippen LogP contribution < -0.4 is 5.32 Å². The number of nitrogens with one attached hydrogen (secondary N) is 1. The van der Waals surface area contributed by atoms with Crippen LogP contribution >= 0.6 is 15.9 Å². The van der Waals surface area contributed by atoms with Crippen LogP contribution in [-0.4, -0.2) is 17.1 Å². The van der Waals surface area contributed by atoms with Crippen LogP contribution in [0.15, 0.2) is 18.2 Å². The highest BCUT2D eigenvalue weighted by atomic mass is 79.9. The standard InChI is InChI=1S/C18H24BrNO2/c19-13-8-6-4-2-1-3-5-7-10-14-11-9-12-15-16(14)18(22)20-17(15)21/h9,11-12H,1-8,10,13H2,(H,20,21,22). The molecule has 0 bridgehead atoms. The van der Waals surface area contributed by atoms with Crippen molar-refractivity contribution in [1.82, 2.24) is 5.32 Å². The molecular formula is C18H24BrNO2. The zero-order valence-electron chi connectivity index (χ0n) is 13.0. The first kappa shape index (κ1) is 17.2. The molecule has 1 aromatic rings. The van der Waals surface area contributed by atoms with Gasteiger partial charge in [0, 0.05) is 5.33 Å². The quantitative estimate of drug-likeness (QED) is 0.373. The number of fused-ring (bicyclic) bond motifs is 1. The van der Waals surface area contributed by atoms with E-state index in [1.807, 2.05) is 12.1 Å². The third kappa shape index (κ3) is 4.67. The number of alkyl halides is 1. The number of benzene rings is 1. The molecule has 0 saturated heterocycles. The number of hydrogen-bond donors (Lipinski definition) is 1. The van der Waals surface area contributed by atoms with E-state index in [1.165, 1.54) is 44.9 Å². The van der Waals surface area contributed by atoms with Gasteiger partial charge in [-0.2, -0.15) is 0 Å². The summed E-state index contributed by atoms with van der Waals surface area (Å²) >= 11 is 3.45. The first-order valence-corrected chi connectivity index (χ1v) is 9.39. The second-order valence-electron chi connectivity index (χ2n) is 5.89. The molecule has 0 aromatic heterocycles. The maximum absolute atomic E-state index is 11.8. The minimum Gasteiger partial charge on any atom is -0.288 e. The number of carbonyl (C=O) groups is 2. The first-order valence-electron chi connectivity index (χ1n) is 8.27. The summed E-state index contributed by atoms with van der Waals surface area (Å²) in [4.78, 5) is 23.4. The molecule has 1 aliphatic heterocycles. The highest BCUT2D eigenvalue weighted by Crippen LogP contribution is 2.22. The van der Waals surface area contributed by atoms with Gasteiger partial charge in [0.2, 0.25) is 0 Å². The molecule has 22 heavy (non-hydrogen) atoms. The van der Waals surface area contributed by atoms with Crippen molar-refractivity contribution in [2.45, 2.75) is 57.8 Å². The van der Waals surface area contributed by atoms with E-state index in [0.29, 0.717) is 11.1 Å². The van der Waals surface area contributed by atoms with Gasteiger partial charge in [0.1, 0.15) is 0 Å². The Labute approximate surface area is 141 Å². The lowest BCUT2D eigenvalue weighted by Gasteiger charge is -2.06. The Balaban J connectivity index is 1.68. The summed E-state index contributed by atoms with van der Waals surface area (Å²) in [5.74, 6) is -0.493. The fourth-order valence-corrected chi connectivity index (χ4v) is 3.37. The molecule has 0 unspecified atom stereocenters. The molecule has 120 valence electrons. The number of halogens is 1. The predicted molar refractivity (Wildman–Crippen MR) is 92.7 cm³/mol. The van der Waals surface area contributed by atoms with Gasteiger partial charge in [0.05, 0.1) is 11.1 Å². The number of unbranched alkanes of at least 4 members (excludes halogenated alkanes) is 7. The van der Waals surface area contributed by atoms with Gasteiger partial charge in [0.15, 0.2) is 0 Å². The van der Waals surface area contributed by atoms with Crippen molar-refractivity contribution in [3.63, 3.8) is 0 Å². The number of amides is 2. The summed E-state index contributed by atoms with van der Waals surface area (Å²) in [6, 6.07) is 5.57. The average molecular weight is 366 g/mol. The number of imide groups is 1. The predicted octanol–water partition coefficient (Wildman–Crippen LogP) is 4.63. The molecule has 0 aliphatic carbocycles. The topological polar surface area (TPSA) is 46.2 Å². The minimum atomic E-state index is -0.259. The van der Waals surface area contributed by atoms with E-state index in [9.17, 15) is 9.59 Å². The second kappa shape index (κ2) is 9.09. The number of rotatable bonds is 10. The molecule has 0 spiro atoms. The first-order chi connectivity index (χ1) is 10.7. The van der Waals surface area contributed by atoms with Crippen molar-refractivity contribution in [1.29, 1.82) is 0 Å². The normalized spacial score (nSPS) is 13.3. The van der Waals surface area contributed by atoms with Crippen LogP contribution in [0.25, 0.3) is 0 Å². The number of hydrogen-bond acceptors (Lipinski definition) is 2. The van der Waals surface area contributed by atoms with Crippen molar-refractivity contribution in [3.8, 4) is 0 Å². The van der Waals surface area contributed by atoms with Crippen molar-refractivity contribution in [3.05, 3.63) is 34.9 Å². The van der Waals surface area contributed by atoms with Crippen LogP contribution in [0.4, 0.5) is 0 Å². The van der Waals surface area contributed by atoms with Crippen LogP contribution in [-0.2, 0) is 6.42 Å².